The number of rotatable bonds is 1. The maximum Gasteiger partial charge on any atom is 0.150 e. The predicted molar refractivity (Wildman–Crippen MR) is 51.0 cm³/mol. The second-order valence-corrected chi connectivity index (χ2v) is 2.84. The van der Waals surface area contributed by atoms with Crippen molar-refractivity contribution in [3.05, 3.63) is 42.0 Å². The minimum Gasteiger partial charge on any atom is -0.507 e. The fourth-order valence-corrected chi connectivity index (χ4v) is 1.45. The quantitative estimate of drug-likeness (QED) is 0.670. The summed E-state index contributed by atoms with van der Waals surface area (Å²) in [6, 6.07) is 10.5. The molecule has 0 bridgehead atoms. The number of carbonyl (C=O) groups excluding carboxylic acids is 1. The van der Waals surface area contributed by atoms with E-state index in [0.717, 1.165) is 11.7 Å². The lowest BCUT2D eigenvalue weighted by Gasteiger charge is -2.02. The molecule has 2 heteroatoms. The lowest BCUT2D eigenvalue weighted by molar-refractivity contribution is 0.112. The zero-order valence-electron chi connectivity index (χ0n) is 6.90. The van der Waals surface area contributed by atoms with Gasteiger partial charge < -0.3 is 5.11 Å². The molecule has 64 valence electrons. The van der Waals surface area contributed by atoms with Gasteiger partial charge in [-0.3, -0.25) is 4.79 Å². The molecule has 0 aliphatic rings. The van der Waals surface area contributed by atoms with Crippen molar-refractivity contribution in [2.24, 2.45) is 0 Å². The average Bonchev–Trinajstić information content (AvgIpc) is 2.17. The van der Waals surface area contributed by atoms with Crippen LogP contribution in [0.1, 0.15) is 10.4 Å². The van der Waals surface area contributed by atoms with Crippen molar-refractivity contribution < 1.29 is 9.90 Å². The Morgan fingerprint density at radius 1 is 1.08 bits per heavy atom. The van der Waals surface area contributed by atoms with Crippen LogP contribution in [0.2, 0.25) is 0 Å². The Morgan fingerprint density at radius 3 is 2.46 bits per heavy atom. The van der Waals surface area contributed by atoms with E-state index >= 15 is 0 Å². The van der Waals surface area contributed by atoms with Crippen LogP contribution in [-0.4, -0.2) is 11.4 Å². The highest BCUT2D eigenvalue weighted by Gasteiger charge is 2.03. The van der Waals surface area contributed by atoms with Crippen LogP contribution in [0.4, 0.5) is 0 Å². The van der Waals surface area contributed by atoms with Crippen LogP contribution in [0.15, 0.2) is 36.4 Å². The Labute approximate surface area is 75.4 Å². The van der Waals surface area contributed by atoms with Crippen LogP contribution in [0.5, 0.6) is 5.75 Å². The van der Waals surface area contributed by atoms with Crippen LogP contribution in [-0.2, 0) is 0 Å². The third-order valence-electron chi connectivity index (χ3n) is 2.04. The van der Waals surface area contributed by atoms with E-state index in [1.54, 1.807) is 24.3 Å². The Balaban J connectivity index is 2.94. The Hall–Kier alpha value is -1.83. The van der Waals surface area contributed by atoms with Gasteiger partial charge in [0.2, 0.25) is 0 Å². The normalized spacial score (nSPS) is 10.2. The van der Waals surface area contributed by atoms with E-state index in [2.05, 4.69) is 0 Å². The van der Waals surface area contributed by atoms with Crippen LogP contribution in [0.25, 0.3) is 10.8 Å². The van der Waals surface area contributed by atoms with Crippen molar-refractivity contribution in [3.8, 4) is 5.75 Å². The number of phenolic OH excluding ortho intramolecular Hbond substituents is 1. The Morgan fingerprint density at radius 2 is 1.77 bits per heavy atom. The highest BCUT2D eigenvalue weighted by molar-refractivity contribution is 6.01. The van der Waals surface area contributed by atoms with E-state index in [0.29, 0.717) is 10.9 Å². The van der Waals surface area contributed by atoms with Gasteiger partial charge in [0.15, 0.2) is 6.29 Å². The second kappa shape index (κ2) is 2.90. The molecule has 0 amide bonds. The SMILES string of the molecule is O=Cc1cccc2cccc(O)c12. The maximum atomic E-state index is 10.7. The smallest absolute Gasteiger partial charge is 0.150 e. The van der Waals surface area contributed by atoms with Crippen molar-refractivity contribution >= 4 is 17.1 Å². The first-order chi connectivity index (χ1) is 6.33. The summed E-state index contributed by atoms with van der Waals surface area (Å²) in [5, 5.41) is 11.0. The number of hydrogen-bond acceptors (Lipinski definition) is 2. The summed E-state index contributed by atoms with van der Waals surface area (Å²) in [4.78, 5) is 10.7. The summed E-state index contributed by atoms with van der Waals surface area (Å²) >= 11 is 0. The van der Waals surface area contributed by atoms with Gasteiger partial charge in [-0.25, -0.2) is 0 Å². The summed E-state index contributed by atoms with van der Waals surface area (Å²) in [6.45, 7) is 0. The number of fused-ring (bicyclic) bond motifs is 1. The molecule has 2 aromatic rings. The minimum absolute atomic E-state index is 0.153. The maximum absolute atomic E-state index is 10.7. The minimum atomic E-state index is 0.153. The number of phenols is 1. The van der Waals surface area contributed by atoms with E-state index in [-0.39, 0.29) is 5.75 Å². The summed E-state index contributed by atoms with van der Waals surface area (Å²) in [5.41, 5.74) is 0.524. The van der Waals surface area contributed by atoms with Crippen molar-refractivity contribution in [1.82, 2.24) is 0 Å². The van der Waals surface area contributed by atoms with Gasteiger partial charge >= 0.3 is 0 Å². The molecule has 0 unspecified atom stereocenters. The van der Waals surface area contributed by atoms with Crippen molar-refractivity contribution in [2.45, 2.75) is 0 Å². The molecular formula is C11H8O2. The fraction of sp³-hybridized carbons (Fsp3) is 0. The number of carbonyl (C=O) groups is 1. The second-order valence-electron chi connectivity index (χ2n) is 2.84. The molecule has 0 radical (unpaired) electrons. The topological polar surface area (TPSA) is 37.3 Å². The van der Waals surface area contributed by atoms with Crippen molar-refractivity contribution in [2.75, 3.05) is 0 Å². The van der Waals surface area contributed by atoms with Crippen molar-refractivity contribution in [1.29, 1.82) is 0 Å². The van der Waals surface area contributed by atoms with Crippen LogP contribution < -0.4 is 0 Å². The molecule has 0 fully saturated rings. The summed E-state index contributed by atoms with van der Waals surface area (Å²) in [6.07, 6.45) is 0.752. The molecule has 2 aromatic carbocycles. The van der Waals surface area contributed by atoms with Crippen LogP contribution >= 0.6 is 0 Å². The molecule has 0 aliphatic carbocycles. The number of aromatic hydroxyl groups is 1. The van der Waals surface area contributed by atoms with Gasteiger partial charge in [-0.05, 0) is 11.5 Å². The van der Waals surface area contributed by atoms with E-state index < -0.39 is 0 Å². The van der Waals surface area contributed by atoms with Crippen molar-refractivity contribution in [3.63, 3.8) is 0 Å². The largest absolute Gasteiger partial charge is 0.507 e. The van der Waals surface area contributed by atoms with Crippen LogP contribution in [0, 0.1) is 0 Å². The standard InChI is InChI=1S/C11H8O2/c12-7-9-5-1-3-8-4-2-6-10(13)11(8)9/h1-7,13H. The lowest BCUT2D eigenvalue weighted by atomic mass is 10.0. The molecular weight excluding hydrogens is 164 g/mol. The number of hydrogen-bond donors (Lipinski definition) is 1. The fourth-order valence-electron chi connectivity index (χ4n) is 1.45. The van der Waals surface area contributed by atoms with Gasteiger partial charge in [-0.2, -0.15) is 0 Å². The highest BCUT2D eigenvalue weighted by Crippen LogP contribution is 2.26. The average molecular weight is 172 g/mol. The highest BCUT2D eigenvalue weighted by atomic mass is 16.3. The molecule has 0 heterocycles. The molecule has 2 rings (SSSR count). The molecule has 2 nitrogen and oxygen atoms in total. The molecule has 0 aliphatic heterocycles. The first kappa shape index (κ1) is 7.80. The molecule has 0 atom stereocenters. The van der Waals surface area contributed by atoms with Gasteiger partial charge in [0, 0.05) is 10.9 Å². The van der Waals surface area contributed by atoms with Crippen LogP contribution in [0.3, 0.4) is 0 Å². The van der Waals surface area contributed by atoms with Gasteiger partial charge in [0.1, 0.15) is 5.75 Å². The summed E-state index contributed by atoms with van der Waals surface area (Å²) < 4.78 is 0. The van der Waals surface area contributed by atoms with E-state index in [1.807, 2.05) is 12.1 Å². The van der Waals surface area contributed by atoms with E-state index in [4.69, 9.17) is 0 Å². The molecule has 0 spiro atoms. The number of aldehydes is 1. The third kappa shape index (κ3) is 1.16. The number of benzene rings is 2. The van der Waals surface area contributed by atoms with Gasteiger partial charge in [0.05, 0.1) is 0 Å². The first-order valence-electron chi connectivity index (χ1n) is 3.99. The van der Waals surface area contributed by atoms with E-state index in [1.165, 1.54) is 0 Å². The zero-order valence-corrected chi connectivity index (χ0v) is 6.90. The lowest BCUT2D eigenvalue weighted by Crippen LogP contribution is -1.82. The van der Waals surface area contributed by atoms with Gasteiger partial charge in [-0.1, -0.05) is 30.3 Å². The molecule has 0 saturated heterocycles. The zero-order chi connectivity index (χ0) is 9.26. The summed E-state index contributed by atoms with van der Waals surface area (Å²) in [7, 11) is 0. The molecule has 0 saturated carbocycles. The molecule has 0 aromatic heterocycles. The molecule has 13 heavy (non-hydrogen) atoms. The Kier molecular flexibility index (Phi) is 1.74. The predicted octanol–water partition coefficient (Wildman–Crippen LogP) is 2.36. The van der Waals surface area contributed by atoms with Gasteiger partial charge in [0.25, 0.3) is 0 Å². The Bertz CT molecular complexity index is 455. The van der Waals surface area contributed by atoms with Gasteiger partial charge in [-0.15, -0.1) is 0 Å². The monoisotopic (exact) mass is 172 g/mol. The third-order valence-corrected chi connectivity index (χ3v) is 2.04. The van der Waals surface area contributed by atoms with E-state index in [9.17, 15) is 9.90 Å². The molecule has 1 N–H and O–H groups in total. The summed E-state index contributed by atoms with van der Waals surface area (Å²) in [5.74, 6) is 0.153. The first-order valence-corrected chi connectivity index (χ1v) is 3.99.